The van der Waals surface area contributed by atoms with E-state index in [0.717, 1.165) is 17.1 Å². The predicted octanol–water partition coefficient (Wildman–Crippen LogP) is 4.10. The van der Waals surface area contributed by atoms with Crippen LogP contribution in [0, 0.1) is 0 Å². The zero-order valence-electron chi connectivity index (χ0n) is 15.0. The van der Waals surface area contributed by atoms with E-state index in [2.05, 4.69) is 4.98 Å². The highest BCUT2D eigenvalue weighted by molar-refractivity contribution is 6.01. The van der Waals surface area contributed by atoms with Gasteiger partial charge in [-0.3, -0.25) is 14.6 Å². The number of rotatable bonds is 5. The lowest BCUT2D eigenvalue weighted by Gasteiger charge is -2.12. The number of aldehydes is 1. The summed E-state index contributed by atoms with van der Waals surface area (Å²) in [5, 5.41) is 2.38. The number of ether oxygens (including phenoxy) is 2. The van der Waals surface area contributed by atoms with Crippen LogP contribution in [0.4, 0.5) is 0 Å². The third-order valence-electron chi connectivity index (χ3n) is 4.53. The molecule has 6 nitrogen and oxygen atoms in total. The molecule has 4 rings (SSSR count). The maximum atomic E-state index is 11.8. The fourth-order valence-corrected chi connectivity index (χ4v) is 3.18. The number of hydrogen-bond acceptors (Lipinski definition) is 5. The van der Waals surface area contributed by atoms with E-state index in [4.69, 9.17) is 15.2 Å². The Kier molecular flexibility index (Phi) is 4.37. The summed E-state index contributed by atoms with van der Waals surface area (Å²) in [5.41, 5.74) is 6.95. The first kappa shape index (κ1) is 17.5. The Morgan fingerprint density at radius 1 is 1.04 bits per heavy atom. The van der Waals surface area contributed by atoms with Gasteiger partial charge >= 0.3 is 0 Å². The van der Waals surface area contributed by atoms with Gasteiger partial charge in [0.25, 0.3) is 5.91 Å². The topological polar surface area (TPSA) is 91.5 Å². The van der Waals surface area contributed by atoms with E-state index in [-0.39, 0.29) is 5.56 Å². The fourth-order valence-electron chi connectivity index (χ4n) is 3.18. The smallest absolute Gasteiger partial charge is 0.252 e. The van der Waals surface area contributed by atoms with Gasteiger partial charge in [-0.25, -0.2) is 0 Å². The van der Waals surface area contributed by atoms with Gasteiger partial charge in [-0.2, -0.15) is 0 Å². The summed E-state index contributed by atoms with van der Waals surface area (Å²) in [5.74, 6) is 0.887. The van der Waals surface area contributed by atoms with E-state index < -0.39 is 5.91 Å². The maximum absolute atomic E-state index is 11.8. The highest BCUT2D eigenvalue weighted by Crippen LogP contribution is 2.34. The van der Waals surface area contributed by atoms with E-state index in [0.29, 0.717) is 33.7 Å². The SMILES string of the molecule is COc1cc2nccc(Oc3ccc4c(C=O)cccc4c3)c2cc1C(N)=O. The molecule has 2 N–H and O–H groups in total. The van der Waals surface area contributed by atoms with E-state index in [9.17, 15) is 9.59 Å². The largest absolute Gasteiger partial charge is 0.496 e. The van der Waals surface area contributed by atoms with Crippen LogP contribution >= 0.6 is 0 Å². The van der Waals surface area contributed by atoms with Crippen LogP contribution in [0.5, 0.6) is 17.2 Å². The van der Waals surface area contributed by atoms with E-state index in [1.807, 2.05) is 24.3 Å². The Morgan fingerprint density at radius 2 is 1.89 bits per heavy atom. The standard InChI is InChI=1S/C22H16N2O4/c1-27-21-11-19-17(10-18(21)22(23)26)20(7-8-24-19)28-15-5-6-16-13(9-15)3-2-4-14(16)12-25/h2-12H,1H3,(H2,23,26). The molecule has 0 radical (unpaired) electrons. The molecule has 0 fully saturated rings. The zero-order valence-corrected chi connectivity index (χ0v) is 15.0. The van der Waals surface area contributed by atoms with Crippen molar-refractivity contribution < 1.29 is 19.1 Å². The molecule has 3 aromatic carbocycles. The Hall–Kier alpha value is -3.93. The van der Waals surface area contributed by atoms with Crippen molar-refractivity contribution >= 4 is 33.9 Å². The lowest BCUT2D eigenvalue weighted by atomic mass is 10.1. The van der Waals surface area contributed by atoms with Gasteiger partial charge in [0.15, 0.2) is 6.29 Å². The number of carbonyl (C=O) groups is 2. The number of amides is 1. The third kappa shape index (κ3) is 3.01. The average molecular weight is 372 g/mol. The number of nitrogens with two attached hydrogens (primary N) is 1. The van der Waals surface area contributed by atoms with Crippen LogP contribution in [0.1, 0.15) is 20.7 Å². The molecule has 0 spiro atoms. The van der Waals surface area contributed by atoms with Crippen LogP contribution in [0.3, 0.4) is 0 Å². The molecule has 0 aliphatic heterocycles. The molecule has 0 aliphatic carbocycles. The minimum absolute atomic E-state index is 0.252. The van der Waals surface area contributed by atoms with Crippen molar-refractivity contribution in [3.8, 4) is 17.2 Å². The number of pyridine rings is 1. The van der Waals surface area contributed by atoms with Gasteiger partial charge in [-0.05, 0) is 41.1 Å². The van der Waals surface area contributed by atoms with Crippen LogP contribution in [0.25, 0.3) is 21.7 Å². The maximum Gasteiger partial charge on any atom is 0.252 e. The Labute approximate surface area is 160 Å². The van der Waals surface area contributed by atoms with E-state index in [1.165, 1.54) is 7.11 Å². The summed E-state index contributed by atoms with van der Waals surface area (Å²) >= 11 is 0. The van der Waals surface area contributed by atoms with Crippen LogP contribution in [0.2, 0.25) is 0 Å². The van der Waals surface area contributed by atoms with Gasteiger partial charge in [0.1, 0.15) is 17.2 Å². The molecular weight excluding hydrogens is 356 g/mol. The molecule has 4 aromatic rings. The first-order valence-corrected chi connectivity index (χ1v) is 8.53. The molecule has 0 saturated heterocycles. The molecule has 0 aliphatic rings. The minimum atomic E-state index is -0.597. The number of carbonyl (C=O) groups excluding carboxylic acids is 2. The monoisotopic (exact) mass is 372 g/mol. The highest BCUT2D eigenvalue weighted by Gasteiger charge is 2.14. The zero-order chi connectivity index (χ0) is 19.7. The number of primary amides is 1. The Balaban J connectivity index is 1.81. The Morgan fingerprint density at radius 3 is 2.64 bits per heavy atom. The summed E-state index contributed by atoms with van der Waals surface area (Å²) in [6.45, 7) is 0. The van der Waals surface area contributed by atoms with Gasteiger partial charge in [0.2, 0.25) is 0 Å². The van der Waals surface area contributed by atoms with Crippen molar-refractivity contribution in [2.75, 3.05) is 7.11 Å². The van der Waals surface area contributed by atoms with Crippen LogP contribution in [0.15, 0.2) is 60.8 Å². The Bertz CT molecular complexity index is 1230. The van der Waals surface area contributed by atoms with Crippen LogP contribution in [-0.2, 0) is 0 Å². The molecule has 138 valence electrons. The molecule has 28 heavy (non-hydrogen) atoms. The van der Waals surface area contributed by atoms with Crippen molar-refractivity contribution in [3.63, 3.8) is 0 Å². The average Bonchev–Trinajstić information content (AvgIpc) is 2.72. The first-order chi connectivity index (χ1) is 13.6. The summed E-state index contributed by atoms with van der Waals surface area (Å²) in [6.07, 6.45) is 2.45. The van der Waals surface area contributed by atoms with Crippen molar-refractivity contribution in [1.29, 1.82) is 0 Å². The number of benzene rings is 3. The predicted molar refractivity (Wildman–Crippen MR) is 106 cm³/mol. The van der Waals surface area contributed by atoms with Gasteiger partial charge in [-0.15, -0.1) is 0 Å². The van der Waals surface area contributed by atoms with E-state index >= 15 is 0 Å². The molecular formula is C22H16N2O4. The number of hydrogen-bond donors (Lipinski definition) is 1. The summed E-state index contributed by atoms with van der Waals surface area (Å²) < 4.78 is 11.3. The van der Waals surface area contributed by atoms with Gasteiger partial charge < -0.3 is 15.2 Å². The van der Waals surface area contributed by atoms with Gasteiger partial charge in [0, 0.05) is 23.2 Å². The van der Waals surface area contributed by atoms with Crippen molar-refractivity contribution in [1.82, 2.24) is 4.98 Å². The third-order valence-corrected chi connectivity index (χ3v) is 4.53. The van der Waals surface area contributed by atoms with Gasteiger partial charge in [-0.1, -0.05) is 18.2 Å². The van der Waals surface area contributed by atoms with E-state index in [1.54, 1.807) is 36.5 Å². The van der Waals surface area contributed by atoms with Crippen LogP contribution < -0.4 is 15.2 Å². The van der Waals surface area contributed by atoms with Crippen molar-refractivity contribution in [2.45, 2.75) is 0 Å². The molecule has 0 saturated carbocycles. The minimum Gasteiger partial charge on any atom is -0.496 e. The second-order valence-electron chi connectivity index (χ2n) is 6.19. The molecule has 1 heterocycles. The summed E-state index contributed by atoms with van der Waals surface area (Å²) in [7, 11) is 1.47. The highest BCUT2D eigenvalue weighted by atomic mass is 16.5. The summed E-state index contributed by atoms with van der Waals surface area (Å²) in [6, 6.07) is 16.0. The number of aromatic nitrogens is 1. The normalized spacial score (nSPS) is 10.8. The molecule has 0 atom stereocenters. The molecule has 1 amide bonds. The molecule has 0 bridgehead atoms. The second kappa shape index (κ2) is 7.00. The van der Waals surface area contributed by atoms with Gasteiger partial charge in [0.05, 0.1) is 18.2 Å². The molecule has 1 aromatic heterocycles. The lowest BCUT2D eigenvalue weighted by molar-refractivity contribution is 0.0997. The quantitative estimate of drug-likeness (QED) is 0.533. The molecule has 0 unspecified atom stereocenters. The number of fused-ring (bicyclic) bond motifs is 2. The van der Waals surface area contributed by atoms with Crippen molar-refractivity contribution in [3.05, 3.63) is 71.9 Å². The van der Waals surface area contributed by atoms with Crippen molar-refractivity contribution in [2.24, 2.45) is 5.73 Å². The fraction of sp³-hybridized carbons (Fsp3) is 0.0455. The summed E-state index contributed by atoms with van der Waals surface area (Å²) in [4.78, 5) is 27.3. The first-order valence-electron chi connectivity index (χ1n) is 8.53. The molecule has 6 heteroatoms. The number of methoxy groups -OCH3 is 1. The lowest BCUT2D eigenvalue weighted by Crippen LogP contribution is -2.12. The second-order valence-corrected chi connectivity index (χ2v) is 6.19. The van der Waals surface area contributed by atoms with Crippen LogP contribution in [-0.4, -0.2) is 24.3 Å². The number of nitrogens with zero attached hydrogens (tertiary/aromatic N) is 1.